The van der Waals surface area contributed by atoms with Gasteiger partial charge >= 0.3 is 0 Å². The lowest BCUT2D eigenvalue weighted by Gasteiger charge is -2.37. The Kier molecular flexibility index (Phi) is 4.28. The molecule has 2 fully saturated rings. The first-order chi connectivity index (χ1) is 10.1. The molecule has 0 amide bonds. The number of aromatic nitrogens is 2. The number of hydrogen-bond acceptors (Lipinski definition) is 6. The topological polar surface area (TPSA) is 57.4 Å². The molecule has 2 saturated heterocycles. The monoisotopic (exact) mass is 293 g/mol. The molecule has 0 spiro atoms. The minimum absolute atomic E-state index is 0.00123. The average Bonchev–Trinajstić information content (AvgIpc) is 2.93. The summed E-state index contributed by atoms with van der Waals surface area (Å²) in [5, 5.41) is 7.67. The average molecular weight is 293 g/mol. The molecule has 1 N–H and O–H groups in total. The van der Waals surface area contributed by atoms with Gasteiger partial charge in [0.15, 0.2) is 5.82 Å². The first-order valence-electron chi connectivity index (χ1n) is 7.99. The van der Waals surface area contributed by atoms with Gasteiger partial charge in [-0.3, -0.25) is 0 Å². The molecule has 0 saturated carbocycles. The molecule has 0 radical (unpaired) electrons. The molecular formula is C15H27N5O. The van der Waals surface area contributed by atoms with Crippen LogP contribution in [0.4, 0.5) is 0 Å². The summed E-state index contributed by atoms with van der Waals surface area (Å²) in [6.45, 7) is 7.55. The smallest absolute Gasteiger partial charge is 0.233 e. The van der Waals surface area contributed by atoms with Crippen LogP contribution in [-0.2, 0) is 11.8 Å². The summed E-state index contributed by atoms with van der Waals surface area (Å²) in [4.78, 5) is 9.47. The van der Waals surface area contributed by atoms with Crippen molar-refractivity contribution in [1.82, 2.24) is 25.3 Å². The first kappa shape index (κ1) is 14.9. The molecule has 1 aromatic rings. The van der Waals surface area contributed by atoms with Crippen molar-refractivity contribution in [3.8, 4) is 0 Å². The molecule has 3 heterocycles. The summed E-state index contributed by atoms with van der Waals surface area (Å²) >= 11 is 0. The molecular weight excluding hydrogens is 266 g/mol. The Morgan fingerprint density at radius 3 is 3.00 bits per heavy atom. The fourth-order valence-electron chi connectivity index (χ4n) is 3.35. The normalized spacial score (nSPS) is 32.4. The van der Waals surface area contributed by atoms with E-state index in [0.29, 0.717) is 6.04 Å². The fraction of sp³-hybridized carbons (Fsp3) is 0.867. The van der Waals surface area contributed by atoms with Crippen LogP contribution >= 0.6 is 0 Å². The van der Waals surface area contributed by atoms with E-state index in [1.165, 1.54) is 6.42 Å². The standard InChI is InChI=1S/C15H27N5O/c1-15(5-4-6-16-11-15)14-17-13(18-21-14)9-12-10-19(2)7-8-20(12)3/h12,16H,4-11H2,1-3H3. The lowest BCUT2D eigenvalue weighted by atomic mass is 9.83. The largest absolute Gasteiger partial charge is 0.339 e. The van der Waals surface area contributed by atoms with E-state index in [0.717, 1.165) is 57.3 Å². The van der Waals surface area contributed by atoms with Crippen molar-refractivity contribution in [1.29, 1.82) is 0 Å². The highest BCUT2D eigenvalue weighted by atomic mass is 16.5. The van der Waals surface area contributed by atoms with Crippen molar-refractivity contribution in [2.75, 3.05) is 46.8 Å². The summed E-state index contributed by atoms with van der Waals surface area (Å²) in [5.41, 5.74) is -0.00123. The maximum atomic E-state index is 5.58. The first-order valence-corrected chi connectivity index (χ1v) is 7.99. The molecule has 2 atom stereocenters. The predicted molar refractivity (Wildman–Crippen MR) is 81.4 cm³/mol. The van der Waals surface area contributed by atoms with E-state index < -0.39 is 0 Å². The maximum absolute atomic E-state index is 5.58. The minimum atomic E-state index is -0.00123. The van der Waals surface area contributed by atoms with Crippen LogP contribution in [0, 0.1) is 0 Å². The van der Waals surface area contributed by atoms with Gasteiger partial charge in [0.2, 0.25) is 5.89 Å². The summed E-state index contributed by atoms with van der Waals surface area (Å²) in [7, 11) is 4.36. The highest BCUT2D eigenvalue weighted by molar-refractivity contribution is 5.07. The zero-order valence-electron chi connectivity index (χ0n) is 13.4. The summed E-state index contributed by atoms with van der Waals surface area (Å²) in [5.74, 6) is 1.65. The van der Waals surface area contributed by atoms with Gasteiger partial charge in [-0.25, -0.2) is 0 Å². The zero-order valence-corrected chi connectivity index (χ0v) is 13.4. The summed E-state index contributed by atoms with van der Waals surface area (Å²) in [6.07, 6.45) is 3.16. The Morgan fingerprint density at radius 1 is 1.38 bits per heavy atom. The van der Waals surface area contributed by atoms with Crippen LogP contribution in [0.25, 0.3) is 0 Å². The van der Waals surface area contributed by atoms with Crippen LogP contribution in [-0.4, -0.2) is 72.8 Å². The second kappa shape index (κ2) is 6.02. The summed E-state index contributed by atoms with van der Waals surface area (Å²) < 4.78 is 5.58. The van der Waals surface area contributed by atoms with E-state index in [2.05, 4.69) is 41.3 Å². The molecule has 0 aromatic carbocycles. The van der Waals surface area contributed by atoms with Gasteiger partial charge in [-0.2, -0.15) is 4.98 Å². The Bertz CT molecular complexity index is 468. The molecule has 3 rings (SSSR count). The Balaban J connectivity index is 1.67. The molecule has 21 heavy (non-hydrogen) atoms. The molecule has 6 heteroatoms. The van der Waals surface area contributed by atoms with Crippen molar-refractivity contribution >= 4 is 0 Å². The second-order valence-electron chi connectivity index (χ2n) is 6.96. The molecule has 118 valence electrons. The molecule has 1 aromatic heterocycles. The van der Waals surface area contributed by atoms with Crippen LogP contribution in [0.1, 0.15) is 31.5 Å². The van der Waals surface area contributed by atoms with Crippen LogP contribution in [0.5, 0.6) is 0 Å². The van der Waals surface area contributed by atoms with Crippen LogP contribution in [0.3, 0.4) is 0 Å². The van der Waals surface area contributed by atoms with Gasteiger partial charge in [0.1, 0.15) is 0 Å². The SMILES string of the molecule is CN1CCN(C)C(Cc2noc(C3(C)CCCNC3)n2)C1. The van der Waals surface area contributed by atoms with Crippen molar-refractivity contribution in [2.24, 2.45) is 0 Å². The maximum Gasteiger partial charge on any atom is 0.233 e. The van der Waals surface area contributed by atoms with Gasteiger partial charge in [-0.1, -0.05) is 5.16 Å². The zero-order chi connectivity index (χ0) is 14.9. The van der Waals surface area contributed by atoms with Gasteiger partial charge in [0, 0.05) is 38.6 Å². The van der Waals surface area contributed by atoms with E-state index in [1.54, 1.807) is 0 Å². The highest BCUT2D eigenvalue weighted by Crippen LogP contribution is 2.29. The van der Waals surface area contributed by atoms with E-state index in [1.807, 2.05) is 0 Å². The van der Waals surface area contributed by atoms with Gasteiger partial charge in [-0.15, -0.1) is 0 Å². The van der Waals surface area contributed by atoms with Crippen LogP contribution < -0.4 is 5.32 Å². The van der Waals surface area contributed by atoms with Crippen molar-refractivity contribution in [2.45, 2.75) is 37.6 Å². The lowest BCUT2D eigenvalue weighted by molar-refractivity contribution is 0.113. The third kappa shape index (κ3) is 3.27. The van der Waals surface area contributed by atoms with E-state index in [9.17, 15) is 0 Å². The number of hydrogen-bond donors (Lipinski definition) is 1. The molecule has 2 unspecified atom stereocenters. The van der Waals surface area contributed by atoms with Gasteiger partial charge in [-0.05, 0) is 40.4 Å². The number of piperidine rings is 1. The third-order valence-corrected chi connectivity index (χ3v) is 4.98. The van der Waals surface area contributed by atoms with Gasteiger partial charge in [0.25, 0.3) is 0 Å². The molecule has 0 bridgehead atoms. The minimum Gasteiger partial charge on any atom is -0.339 e. The second-order valence-corrected chi connectivity index (χ2v) is 6.96. The lowest BCUT2D eigenvalue weighted by Crippen LogP contribution is -2.50. The fourth-order valence-corrected chi connectivity index (χ4v) is 3.35. The van der Waals surface area contributed by atoms with Gasteiger partial charge < -0.3 is 19.6 Å². The molecule has 0 aliphatic carbocycles. The quantitative estimate of drug-likeness (QED) is 0.876. The number of rotatable bonds is 3. The Hall–Kier alpha value is -0.980. The van der Waals surface area contributed by atoms with Crippen LogP contribution in [0.2, 0.25) is 0 Å². The molecule has 6 nitrogen and oxygen atoms in total. The molecule has 2 aliphatic rings. The third-order valence-electron chi connectivity index (χ3n) is 4.98. The van der Waals surface area contributed by atoms with E-state index in [4.69, 9.17) is 9.51 Å². The van der Waals surface area contributed by atoms with Crippen LogP contribution in [0.15, 0.2) is 4.52 Å². The Labute approximate surface area is 126 Å². The molecule has 2 aliphatic heterocycles. The van der Waals surface area contributed by atoms with Crippen molar-refractivity contribution in [3.63, 3.8) is 0 Å². The number of piperazine rings is 1. The number of likely N-dealkylation sites (N-methyl/N-ethyl adjacent to an activating group) is 2. The van der Waals surface area contributed by atoms with Crippen molar-refractivity contribution < 1.29 is 4.52 Å². The highest BCUT2D eigenvalue weighted by Gasteiger charge is 2.35. The summed E-state index contributed by atoms with van der Waals surface area (Å²) in [6, 6.07) is 0.478. The predicted octanol–water partition coefficient (Wildman–Crippen LogP) is 0.499. The Morgan fingerprint density at radius 2 is 2.24 bits per heavy atom. The van der Waals surface area contributed by atoms with E-state index in [-0.39, 0.29) is 5.41 Å². The van der Waals surface area contributed by atoms with Gasteiger partial charge in [0.05, 0.1) is 5.41 Å². The number of nitrogens with zero attached hydrogens (tertiary/aromatic N) is 4. The van der Waals surface area contributed by atoms with Crippen molar-refractivity contribution in [3.05, 3.63) is 11.7 Å². The number of nitrogens with one attached hydrogen (secondary N) is 1. The van der Waals surface area contributed by atoms with E-state index >= 15 is 0 Å².